The molecule has 0 radical (unpaired) electrons. The highest BCUT2D eigenvalue weighted by Gasteiger charge is 2.21. The molecule has 1 aliphatic heterocycles. The number of amides is 3. The number of anilines is 1. The number of hydrogen-bond acceptors (Lipinski definition) is 7. The summed E-state index contributed by atoms with van der Waals surface area (Å²) in [6, 6.07) is 13.4. The summed E-state index contributed by atoms with van der Waals surface area (Å²) >= 11 is 0. The molecular weight excluding hydrogens is 462 g/mol. The van der Waals surface area contributed by atoms with Gasteiger partial charge in [-0.15, -0.1) is 0 Å². The van der Waals surface area contributed by atoms with Gasteiger partial charge in [-0.2, -0.15) is 0 Å². The lowest BCUT2D eigenvalue weighted by Gasteiger charge is -2.35. The van der Waals surface area contributed by atoms with E-state index in [0.29, 0.717) is 25.9 Å². The molecule has 1 atom stereocenters. The van der Waals surface area contributed by atoms with Gasteiger partial charge in [0.05, 0.1) is 11.9 Å². The lowest BCUT2D eigenvalue weighted by molar-refractivity contribution is -0.129. The van der Waals surface area contributed by atoms with Crippen molar-refractivity contribution in [2.45, 2.75) is 52.2 Å². The van der Waals surface area contributed by atoms with Crippen molar-refractivity contribution in [3.63, 3.8) is 0 Å². The van der Waals surface area contributed by atoms with Crippen molar-refractivity contribution >= 4 is 23.8 Å². The Kier molecular flexibility index (Phi) is 9.10. The molecule has 2 N–H and O–H groups in total. The molecule has 10 nitrogen and oxygen atoms in total. The summed E-state index contributed by atoms with van der Waals surface area (Å²) in [6.07, 6.45) is 0.838. The summed E-state index contributed by atoms with van der Waals surface area (Å²) in [7, 11) is 0. The van der Waals surface area contributed by atoms with Crippen LogP contribution >= 0.6 is 0 Å². The van der Waals surface area contributed by atoms with Crippen LogP contribution < -0.4 is 15.8 Å². The van der Waals surface area contributed by atoms with E-state index >= 15 is 0 Å². The van der Waals surface area contributed by atoms with Gasteiger partial charge in [-0.05, 0) is 51.3 Å². The molecule has 1 fully saturated rings. The molecule has 2 heterocycles. The third-order valence-corrected chi connectivity index (χ3v) is 5.65. The molecule has 194 valence electrons. The minimum absolute atomic E-state index is 0.104. The van der Waals surface area contributed by atoms with E-state index in [1.165, 1.54) is 0 Å². The third-order valence-electron chi connectivity index (χ3n) is 5.65. The van der Waals surface area contributed by atoms with Crippen LogP contribution in [0, 0.1) is 0 Å². The number of benzene rings is 1. The maximum Gasteiger partial charge on any atom is 0.426 e. The Labute approximate surface area is 211 Å². The van der Waals surface area contributed by atoms with E-state index in [9.17, 15) is 14.4 Å². The smallest absolute Gasteiger partial charge is 0.426 e. The van der Waals surface area contributed by atoms with Crippen LogP contribution in [0.25, 0.3) is 0 Å². The number of ether oxygens (including phenoxy) is 2. The molecule has 1 saturated heterocycles. The number of aromatic nitrogens is 1. The second-order valence-electron chi connectivity index (χ2n) is 9.60. The van der Waals surface area contributed by atoms with Crippen molar-refractivity contribution in [1.82, 2.24) is 20.7 Å². The number of piperazine rings is 1. The SMILES string of the molecule is CC(=O)N1CCN(c2ccc(CCC(OC(=O)NNC(=O)OC(C)(C)C)c3ccccc3)nc2)CC1. The average molecular weight is 498 g/mol. The van der Waals surface area contributed by atoms with Crippen LogP contribution in [0.4, 0.5) is 15.3 Å². The van der Waals surface area contributed by atoms with E-state index < -0.39 is 23.9 Å². The van der Waals surface area contributed by atoms with Crippen molar-refractivity contribution in [3.8, 4) is 0 Å². The molecule has 1 aromatic heterocycles. The molecule has 0 bridgehead atoms. The van der Waals surface area contributed by atoms with Crippen molar-refractivity contribution < 1.29 is 23.9 Å². The molecule has 10 heteroatoms. The lowest BCUT2D eigenvalue weighted by atomic mass is 10.0. The molecule has 2 aromatic rings. The van der Waals surface area contributed by atoms with Crippen LogP contribution in [-0.4, -0.2) is 59.8 Å². The Morgan fingerprint density at radius 3 is 2.22 bits per heavy atom. The second-order valence-corrected chi connectivity index (χ2v) is 9.60. The summed E-state index contributed by atoms with van der Waals surface area (Å²) in [4.78, 5) is 44.3. The lowest BCUT2D eigenvalue weighted by Crippen LogP contribution is -2.48. The number of nitrogens with zero attached hydrogens (tertiary/aromatic N) is 3. The van der Waals surface area contributed by atoms with Crippen molar-refractivity contribution in [3.05, 3.63) is 59.9 Å². The van der Waals surface area contributed by atoms with Crippen molar-refractivity contribution in [2.75, 3.05) is 31.1 Å². The summed E-state index contributed by atoms with van der Waals surface area (Å²) in [5.41, 5.74) is 6.46. The Bertz CT molecular complexity index is 1020. The van der Waals surface area contributed by atoms with Gasteiger partial charge in [0.2, 0.25) is 5.91 Å². The van der Waals surface area contributed by atoms with Crippen LogP contribution in [-0.2, 0) is 20.7 Å². The molecule has 1 aliphatic rings. The highest BCUT2D eigenvalue weighted by molar-refractivity contribution is 5.74. The molecule has 36 heavy (non-hydrogen) atoms. The van der Waals surface area contributed by atoms with E-state index in [0.717, 1.165) is 30.0 Å². The molecule has 0 spiro atoms. The number of nitrogens with one attached hydrogen (secondary N) is 2. The second kappa shape index (κ2) is 12.2. The van der Waals surface area contributed by atoms with Crippen LogP contribution in [0.1, 0.15) is 51.5 Å². The predicted molar refractivity (Wildman–Crippen MR) is 135 cm³/mol. The Morgan fingerprint density at radius 2 is 1.64 bits per heavy atom. The van der Waals surface area contributed by atoms with E-state index in [-0.39, 0.29) is 5.91 Å². The quantitative estimate of drug-likeness (QED) is 0.587. The molecule has 1 aromatic carbocycles. The summed E-state index contributed by atoms with van der Waals surface area (Å²) in [5, 5.41) is 0. The first-order chi connectivity index (χ1) is 17.1. The standard InChI is InChI=1S/C26H35N5O5/c1-19(32)30-14-16-31(17-15-30)22-12-10-21(27-18-22)11-13-23(20-8-6-5-7-9-20)35-24(33)28-29-25(34)36-26(2,3)4/h5-10,12,18,23H,11,13-17H2,1-4H3,(H,28,33)(H,29,34). The number of rotatable bonds is 6. The van der Waals surface area contributed by atoms with E-state index in [1.54, 1.807) is 27.7 Å². The van der Waals surface area contributed by atoms with Gasteiger partial charge in [0, 0.05) is 38.8 Å². The minimum atomic E-state index is -0.789. The fourth-order valence-corrected chi connectivity index (χ4v) is 3.84. The van der Waals surface area contributed by atoms with Crippen LogP contribution in [0.2, 0.25) is 0 Å². The number of carbonyl (C=O) groups excluding carboxylic acids is 3. The monoisotopic (exact) mass is 497 g/mol. The predicted octanol–water partition coefficient (Wildman–Crippen LogP) is 3.59. The molecule has 1 unspecified atom stereocenters. The minimum Gasteiger partial charge on any atom is -0.443 e. The van der Waals surface area contributed by atoms with Gasteiger partial charge >= 0.3 is 12.2 Å². The highest BCUT2D eigenvalue weighted by Crippen LogP contribution is 2.24. The summed E-state index contributed by atoms with van der Waals surface area (Å²) in [6.45, 7) is 9.74. The van der Waals surface area contributed by atoms with Gasteiger partial charge in [0.15, 0.2) is 0 Å². The summed E-state index contributed by atoms with van der Waals surface area (Å²) in [5.74, 6) is 0.104. The highest BCUT2D eigenvalue weighted by atomic mass is 16.6. The number of hydrazine groups is 1. The first-order valence-electron chi connectivity index (χ1n) is 12.1. The average Bonchev–Trinajstić information content (AvgIpc) is 2.85. The molecule has 3 rings (SSSR count). The van der Waals surface area contributed by atoms with Crippen molar-refractivity contribution in [1.29, 1.82) is 0 Å². The normalized spacial score (nSPS) is 14.6. The fraction of sp³-hybridized carbons (Fsp3) is 0.462. The van der Waals surface area contributed by atoms with Gasteiger partial charge in [-0.1, -0.05) is 30.3 Å². The van der Waals surface area contributed by atoms with Crippen LogP contribution in [0.3, 0.4) is 0 Å². The third kappa shape index (κ3) is 8.44. The number of pyridine rings is 1. The number of carbonyl (C=O) groups is 3. The van der Waals surface area contributed by atoms with Gasteiger partial charge in [0.1, 0.15) is 11.7 Å². The maximum absolute atomic E-state index is 12.3. The number of hydrogen-bond donors (Lipinski definition) is 2. The first kappa shape index (κ1) is 26.8. The van der Waals surface area contributed by atoms with Crippen LogP contribution in [0.15, 0.2) is 48.7 Å². The molecule has 3 amide bonds. The first-order valence-corrected chi connectivity index (χ1v) is 12.1. The summed E-state index contributed by atoms with van der Waals surface area (Å²) < 4.78 is 10.7. The zero-order valence-electron chi connectivity index (χ0n) is 21.3. The zero-order valence-corrected chi connectivity index (χ0v) is 21.3. The Balaban J connectivity index is 1.55. The number of aryl methyl sites for hydroxylation is 1. The fourth-order valence-electron chi connectivity index (χ4n) is 3.84. The topological polar surface area (TPSA) is 113 Å². The van der Waals surface area contributed by atoms with E-state index in [4.69, 9.17) is 9.47 Å². The molecule has 0 aliphatic carbocycles. The Hall–Kier alpha value is -3.82. The largest absolute Gasteiger partial charge is 0.443 e. The van der Waals surface area contributed by atoms with E-state index in [2.05, 4.69) is 20.7 Å². The van der Waals surface area contributed by atoms with Gasteiger partial charge < -0.3 is 19.3 Å². The van der Waals surface area contributed by atoms with Crippen molar-refractivity contribution in [2.24, 2.45) is 0 Å². The van der Waals surface area contributed by atoms with Gasteiger partial charge in [-0.25, -0.2) is 20.4 Å². The van der Waals surface area contributed by atoms with Crippen LogP contribution in [0.5, 0.6) is 0 Å². The zero-order chi connectivity index (χ0) is 26.1. The van der Waals surface area contributed by atoms with Gasteiger partial charge in [-0.3, -0.25) is 9.78 Å². The van der Waals surface area contributed by atoms with E-state index in [1.807, 2.05) is 53.6 Å². The van der Waals surface area contributed by atoms with Gasteiger partial charge in [0.25, 0.3) is 0 Å². The molecular formula is C26H35N5O5. The maximum atomic E-state index is 12.3. The molecule has 0 saturated carbocycles. The Morgan fingerprint density at radius 1 is 0.972 bits per heavy atom.